The first kappa shape index (κ1) is 20.5. The zero-order chi connectivity index (χ0) is 19.9. The van der Waals surface area contributed by atoms with Crippen LogP contribution in [0.25, 0.3) is 11.4 Å². The number of amides is 1. The molecular weight excluding hydrogens is 396 g/mol. The summed E-state index contributed by atoms with van der Waals surface area (Å²) >= 11 is 7.37. The number of nitrogens with one attached hydrogen (secondary N) is 1. The second kappa shape index (κ2) is 9.80. The minimum absolute atomic E-state index is 0.00783. The lowest BCUT2D eigenvalue weighted by Gasteiger charge is -2.13. The van der Waals surface area contributed by atoms with Gasteiger partial charge >= 0.3 is 0 Å². The molecule has 0 radical (unpaired) electrons. The highest BCUT2D eigenvalue weighted by atomic mass is 35.5. The Morgan fingerprint density at radius 3 is 2.75 bits per heavy atom. The Kier molecular flexibility index (Phi) is 7.17. The number of aromatic nitrogens is 3. The van der Waals surface area contributed by atoms with E-state index in [9.17, 15) is 4.79 Å². The molecule has 1 N–H and O–H groups in total. The predicted molar refractivity (Wildman–Crippen MR) is 112 cm³/mol. The van der Waals surface area contributed by atoms with Crippen LogP contribution in [0.15, 0.2) is 52.2 Å². The summed E-state index contributed by atoms with van der Waals surface area (Å²) in [7, 11) is 0. The molecule has 0 aliphatic carbocycles. The van der Waals surface area contributed by atoms with E-state index >= 15 is 0 Å². The number of carbonyl (C=O) groups excluding carboxylic acids is 1. The topological polar surface area (TPSA) is 73.0 Å². The van der Waals surface area contributed by atoms with E-state index in [1.807, 2.05) is 47.9 Å². The number of thioether (sulfide) groups is 1. The third-order valence-corrected chi connectivity index (χ3v) is 5.39. The smallest absolute Gasteiger partial charge is 0.230 e. The van der Waals surface area contributed by atoms with Gasteiger partial charge in [-0.15, -0.1) is 10.2 Å². The van der Waals surface area contributed by atoms with Crippen LogP contribution in [0.2, 0.25) is 5.02 Å². The number of nitrogens with zero attached hydrogens (tertiary/aromatic N) is 3. The number of benzene rings is 1. The molecule has 0 aliphatic rings. The van der Waals surface area contributed by atoms with Crippen molar-refractivity contribution in [2.24, 2.45) is 0 Å². The molecule has 2 aromatic heterocycles. The molecular formula is C20H23ClN4O2S. The number of furan rings is 1. The lowest BCUT2D eigenvalue weighted by atomic mass is 10.2. The Morgan fingerprint density at radius 1 is 1.29 bits per heavy atom. The lowest BCUT2D eigenvalue weighted by Crippen LogP contribution is -2.33. The van der Waals surface area contributed by atoms with Crippen molar-refractivity contribution in [2.75, 3.05) is 5.75 Å². The molecule has 0 saturated heterocycles. The van der Waals surface area contributed by atoms with Crippen LogP contribution < -0.4 is 5.32 Å². The third-order valence-electron chi connectivity index (χ3n) is 4.17. The maximum Gasteiger partial charge on any atom is 0.230 e. The van der Waals surface area contributed by atoms with Crippen LogP contribution in [0.1, 0.15) is 32.4 Å². The average molecular weight is 419 g/mol. The van der Waals surface area contributed by atoms with E-state index in [4.69, 9.17) is 16.0 Å². The maximum atomic E-state index is 12.2. The molecule has 3 aromatic rings. The Hall–Kier alpha value is -2.25. The van der Waals surface area contributed by atoms with E-state index in [0.29, 0.717) is 22.5 Å². The first-order valence-electron chi connectivity index (χ1n) is 9.20. The fourth-order valence-corrected chi connectivity index (χ4v) is 3.74. The van der Waals surface area contributed by atoms with E-state index in [1.165, 1.54) is 11.8 Å². The summed E-state index contributed by atoms with van der Waals surface area (Å²) in [4.78, 5) is 12.2. The molecule has 1 amide bonds. The highest BCUT2D eigenvalue weighted by Gasteiger charge is 2.17. The normalized spacial score (nSPS) is 12.1. The van der Waals surface area contributed by atoms with Crippen LogP contribution in [0.4, 0.5) is 0 Å². The van der Waals surface area contributed by atoms with Gasteiger partial charge in [-0.25, -0.2) is 0 Å². The van der Waals surface area contributed by atoms with E-state index < -0.39 is 0 Å². The van der Waals surface area contributed by atoms with Gasteiger partial charge in [0.25, 0.3) is 0 Å². The van der Waals surface area contributed by atoms with Crippen LogP contribution in [0.5, 0.6) is 0 Å². The van der Waals surface area contributed by atoms with Crippen LogP contribution >= 0.6 is 23.4 Å². The molecule has 0 unspecified atom stereocenters. The van der Waals surface area contributed by atoms with Gasteiger partial charge in [-0.2, -0.15) is 0 Å². The molecule has 0 fully saturated rings. The van der Waals surface area contributed by atoms with Gasteiger partial charge in [0.15, 0.2) is 11.0 Å². The summed E-state index contributed by atoms with van der Waals surface area (Å²) < 4.78 is 7.44. The molecule has 2 heterocycles. The summed E-state index contributed by atoms with van der Waals surface area (Å²) in [6.45, 7) is 4.60. The molecule has 1 aromatic carbocycles. The number of halogens is 1. The van der Waals surface area contributed by atoms with Crippen LogP contribution in [-0.2, 0) is 11.3 Å². The van der Waals surface area contributed by atoms with Gasteiger partial charge in [0.05, 0.1) is 18.6 Å². The minimum Gasteiger partial charge on any atom is -0.467 e. The van der Waals surface area contributed by atoms with Gasteiger partial charge in [-0.05, 0) is 49.7 Å². The number of hydrogen-bond acceptors (Lipinski definition) is 5. The molecule has 0 spiro atoms. The first-order chi connectivity index (χ1) is 13.6. The maximum absolute atomic E-state index is 12.2. The van der Waals surface area contributed by atoms with Crippen LogP contribution in [-0.4, -0.2) is 32.5 Å². The van der Waals surface area contributed by atoms with Gasteiger partial charge in [-0.3, -0.25) is 9.36 Å². The van der Waals surface area contributed by atoms with Crippen molar-refractivity contribution in [1.29, 1.82) is 0 Å². The molecule has 148 valence electrons. The number of rotatable bonds is 9. The molecule has 0 aliphatic heterocycles. The van der Waals surface area contributed by atoms with Crippen molar-refractivity contribution >= 4 is 29.3 Å². The van der Waals surface area contributed by atoms with Gasteiger partial charge in [-0.1, -0.05) is 36.7 Å². The number of hydrogen-bond donors (Lipinski definition) is 1. The van der Waals surface area contributed by atoms with E-state index in [0.717, 1.165) is 24.2 Å². The second-order valence-electron chi connectivity index (χ2n) is 6.52. The van der Waals surface area contributed by atoms with Gasteiger partial charge in [0.2, 0.25) is 5.91 Å². The van der Waals surface area contributed by atoms with E-state index in [2.05, 4.69) is 22.4 Å². The lowest BCUT2D eigenvalue weighted by molar-refractivity contribution is -0.119. The Labute approximate surface area is 173 Å². The highest BCUT2D eigenvalue weighted by molar-refractivity contribution is 7.99. The summed E-state index contributed by atoms with van der Waals surface area (Å²) in [5.74, 6) is 1.77. The van der Waals surface area contributed by atoms with Crippen molar-refractivity contribution in [3.63, 3.8) is 0 Å². The van der Waals surface area contributed by atoms with Crippen molar-refractivity contribution in [1.82, 2.24) is 20.1 Å². The van der Waals surface area contributed by atoms with Crippen molar-refractivity contribution in [2.45, 2.75) is 44.4 Å². The highest BCUT2D eigenvalue weighted by Crippen LogP contribution is 2.26. The first-order valence-corrected chi connectivity index (χ1v) is 10.6. The SMILES string of the molecule is CCC[C@H](C)NC(=O)CSc1nnc(-c2ccc(Cl)cc2)n1Cc1ccco1. The number of carbonyl (C=O) groups is 1. The molecule has 3 rings (SSSR count). The van der Waals surface area contributed by atoms with Crippen LogP contribution in [0, 0.1) is 0 Å². The molecule has 28 heavy (non-hydrogen) atoms. The van der Waals surface area contributed by atoms with Crippen molar-refractivity contribution < 1.29 is 9.21 Å². The molecule has 0 bridgehead atoms. The Morgan fingerprint density at radius 2 is 2.07 bits per heavy atom. The zero-order valence-electron chi connectivity index (χ0n) is 15.9. The van der Waals surface area contributed by atoms with Crippen molar-refractivity contribution in [3.8, 4) is 11.4 Å². The van der Waals surface area contributed by atoms with Gasteiger partial charge in [0.1, 0.15) is 5.76 Å². The van der Waals surface area contributed by atoms with Crippen molar-refractivity contribution in [3.05, 3.63) is 53.4 Å². The molecule has 6 nitrogen and oxygen atoms in total. The predicted octanol–water partition coefficient (Wildman–Crippen LogP) is 4.64. The second-order valence-corrected chi connectivity index (χ2v) is 7.90. The largest absolute Gasteiger partial charge is 0.467 e. The van der Waals surface area contributed by atoms with Gasteiger partial charge in [0, 0.05) is 16.6 Å². The standard InChI is InChI=1S/C20H23ClN4O2S/c1-3-5-14(2)22-18(26)13-28-20-24-23-19(15-7-9-16(21)10-8-15)25(20)12-17-6-4-11-27-17/h4,6-11,14H,3,5,12-13H2,1-2H3,(H,22,26)/t14-/m0/s1. The summed E-state index contributed by atoms with van der Waals surface area (Å²) in [6, 6.07) is 11.4. The minimum atomic E-state index is -0.00783. The van der Waals surface area contributed by atoms with Crippen LogP contribution in [0.3, 0.4) is 0 Å². The molecule has 8 heteroatoms. The summed E-state index contributed by atoms with van der Waals surface area (Å²) in [5, 5.41) is 13.0. The molecule has 0 saturated carbocycles. The zero-order valence-corrected chi connectivity index (χ0v) is 17.5. The fourth-order valence-electron chi connectivity index (χ4n) is 2.86. The quantitative estimate of drug-likeness (QED) is 0.512. The monoisotopic (exact) mass is 418 g/mol. The van der Waals surface area contributed by atoms with Gasteiger partial charge < -0.3 is 9.73 Å². The van der Waals surface area contributed by atoms with E-state index in [-0.39, 0.29) is 17.7 Å². The summed E-state index contributed by atoms with van der Waals surface area (Å²) in [5.41, 5.74) is 0.899. The fraction of sp³-hybridized carbons (Fsp3) is 0.350. The Balaban J connectivity index is 1.78. The Bertz CT molecular complexity index is 894. The average Bonchev–Trinajstić information content (AvgIpc) is 3.31. The molecule has 1 atom stereocenters. The third kappa shape index (κ3) is 5.39. The van der Waals surface area contributed by atoms with E-state index in [1.54, 1.807) is 6.26 Å². The summed E-state index contributed by atoms with van der Waals surface area (Å²) in [6.07, 6.45) is 3.64.